The van der Waals surface area contributed by atoms with Gasteiger partial charge in [-0.1, -0.05) is 36.4 Å². The van der Waals surface area contributed by atoms with Crippen molar-refractivity contribution >= 4 is 22.6 Å². The van der Waals surface area contributed by atoms with Gasteiger partial charge >= 0.3 is 0 Å². The Morgan fingerprint density at radius 2 is 1.96 bits per heavy atom. The van der Waals surface area contributed by atoms with E-state index in [1.54, 1.807) is 12.3 Å². The number of imidazole rings is 1. The third kappa shape index (κ3) is 2.71. The summed E-state index contributed by atoms with van der Waals surface area (Å²) in [6, 6.07) is 12.1. The molecule has 3 aromatic rings. The van der Waals surface area contributed by atoms with E-state index in [4.69, 9.17) is 0 Å². The number of hydrogen-bond donors (Lipinski definition) is 0. The van der Waals surface area contributed by atoms with Gasteiger partial charge in [-0.05, 0) is 30.5 Å². The molecule has 5 nitrogen and oxygen atoms in total. The number of benzene rings is 1. The summed E-state index contributed by atoms with van der Waals surface area (Å²) in [6.07, 6.45) is 4.70. The first-order valence-electron chi connectivity index (χ1n) is 8.47. The molecule has 0 saturated heterocycles. The smallest absolute Gasteiger partial charge is 0.256 e. The van der Waals surface area contributed by atoms with Crippen molar-refractivity contribution in [2.75, 3.05) is 13.1 Å². The van der Waals surface area contributed by atoms with E-state index in [1.165, 1.54) is 11.1 Å². The lowest BCUT2D eigenvalue weighted by Gasteiger charge is -2.26. The second kappa shape index (κ2) is 6.16. The Hall–Kier alpha value is -2.95. The number of carbonyl (C=O) groups excluding carboxylic acids is 1. The fourth-order valence-corrected chi connectivity index (χ4v) is 3.30. The molecule has 5 heteroatoms. The van der Waals surface area contributed by atoms with Crippen molar-refractivity contribution in [2.45, 2.75) is 13.3 Å². The summed E-state index contributed by atoms with van der Waals surface area (Å²) in [6.45, 7) is 3.26. The molecule has 4 rings (SSSR count). The van der Waals surface area contributed by atoms with Crippen LogP contribution in [0.15, 0.2) is 48.7 Å². The SMILES string of the molecule is Cc1nc2c(C(=O)N3CC=C(c4ccccc4)CC3)ccnc2n1C. The van der Waals surface area contributed by atoms with Crippen LogP contribution in [-0.2, 0) is 7.05 Å². The highest BCUT2D eigenvalue weighted by atomic mass is 16.2. The Balaban J connectivity index is 1.61. The van der Waals surface area contributed by atoms with Gasteiger partial charge in [-0.2, -0.15) is 0 Å². The van der Waals surface area contributed by atoms with Gasteiger partial charge in [0.15, 0.2) is 5.65 Å². The maximum absolute atomic E-state index is 13.0. The molecule has 0 spiro atoms. The number of fused-ring (bicyclic) bond motifs is 1. The van der Waals surface area contributed by atoms with Gasteiger partial charge in [-0.15, -0.1) is 0 Å². The predicted octanol–water partition coefficient (Wildman–Crippen LogP) is 3.21. The lowest BCUT2D eigenvalue weighted by molar-refractivity contribution is 0.0774. The molecule has 3 heterocycles. The summed E-state index contributed by atoms with van der Waals surface area (Å²) in [5.41, 5.74) is 4.61. The molecule has 2 aromatic heterocycles. The molecular formula is C20H20N4O. The molecule has 0 aliphatic carbocycles. The molecule has 0 unspecified atom stereocenters. The molecule has 126 valence electrons. The van der Waals surface area contributed by atoms with E-state index in [2.05, 4.69) is 28.2 Å². The van der Waals surface area contributed by atoms with E-state index in [0.717, 1.165) is 24.4 Å². The standard InChI is InChI=1S/C20H20N4O/c1-14-22-18-17(8-11-21-19(18)23(14)2)20(25)24-12-9-16(10-13-24)15-6-4-3-5-7-15/h3-9,11H,10,12-13H2,1-2H3. The number of nitrogens with zero attached hydrogens (tertiary/aromatic N) is 4. The lowest BCUT2D eigenvalue weighted by Crippen LogP contribution is -2.34. The van der Waals surface area contributed by atoms with E-state index in [9.17, 15) is 4.79 Å². The molecule has 0 bridgehead atoms. The molecule has 1 aliphatic heterocycles. The number of aromatic nitrogens is 3. The first-order chi connectivity index (χ1) is 12.1. The van der Waals surface area contributed by atoms with Gasteiger partial charge in [0.2, 0.25) is 0 Å². The number of aryl methyl sites for hydroxylation is 2. The first kappa shape index (κ1) is 15.6. The zero-order valence-electron chi connectivity index (χ0n) is 14.4. The summed E-state index contributed by atoms with van der Waals surface area (Å²) < 4.78 is 1.91. The van der Waals surface area contributed by atoms with E-state index in [-0.39, 0.29) is 5.91 Å². The van der Waals surface area contributed by atoms with Crippen LogP contribution in [0, 0.1) is 6.92 Å². The van der Waals surface area contributed by atoms with E-state index in [1.807, 2.05) is 41.6 Å². The minimum atomic E-state index is 0.0221. The van der Waals surface area contributed by atoms with Gasteiger partial charge in [-0.3, -0.25) is 4.79 Å². The van der Waals surface area contributed by atoms with Crippen LogP contribution < -0.4 is 0 Å². The Bertz CT molecular complexity index is 972. The maximum atomic E-state index is 13.0. The summed E-state index contributed by atoms with van der Waals surface area (Å²) in [5, 5.41) is 0. The molecule has 1 amide bonds. The van der Waals surface area contributed by atoms with Crippen LogP contribution in [-0.4, -0.2) is 38.4 Å². The third-order valence-corrected chi connectivity index (χ3v) is 4.85. The molecule has 0 N–H and O–H groups in total. The van der Waals surface area contributed by atoms with Gasteiger partial charge in [0.25, 0.3) is 5.91 Å². The van der Waals surface area contributed by atoms with Crippen LogP contribution in [0.5, 0.6) is 0 Å². The van der Waals surface area contributed by atoms with Crippen LogP contribution in [0.1, 0.15) is 28.2 Å². The Labute approximate surface area is 146 Å². The fraction of sp³-hybridized carbons (Fsp3) is 0.250. The number of pyridine rings is 1. The van der Waals surface area contributed by atoms with Crippen molar-refractivity contribution in [1.29, 1.82) is 0 Å². The van der Waals surface area contributed by atoms with Crippen molar-refractivity contribution < 1.29 is 4.79 Å². The lowest BCUT2D eigenvalue weighted by atomic mass is 9.99. The van der Waals surface area contributed by atoms with Crippen LogP contribution in [0.4, 0.5) is 0 Å². The van der Waals surface area contributed by atoms with Crippen LogP contribution in [0.3, 0.4) is 0 Å². The summed E-state index contributed by atoms with van der Waals surface area (Å²) >= 11 is 0. The highest BCUT2D eigenvalue weighted by Gasteiger charge is 2.23. The second-order valence-electron chi connectivity index (χ2n) is 6.35. The Morgan fingerprint density at radius 3 is 2.68 bits per heavy atom. The van der Waals surface area contributed by atoms with Crippen molar-refractivity contribution in [3.63, 3.8) is 0 Å². The zero-order chi connectivity index (χ0) is 17.4. The van der Waals surface area contributed by atoms with Gasteiger partial charge < -0.3 is 9.47 Å². The van der Waals surface area contributed by atoms with Crippen LogP contribution >= 0.6 is 0 Å². The average Bonchev–Trinajstić information content (AvgIpc) is 2.96. The van der Waals surface area contributed by atoms with Crippen molar-refractivity contribution in [2.24, 2.45) is 7.05 Å². The third-order valence-electron chi connectivity index (χ3n) is 4.85. The fourth-order valence-electron chi connectivity index (χ4n) is 3.30. The molecule has 0 fully saturated rings. The normalized spacial score (nSPS) is 14.6. The first-order valence-corrected chi connectivity index (χ1v) is 8.47. The summed E-state index contributed by atoms with van der Waals surface area (Å²) in [4.78, 5) is 23.8. The molecule has 25 heavy (non-hydrogen) atoms. The minimum Gasteiger partial charge on any atom is -0.335 e. The number of amides is 1. The Morgan fingerprint density at radius 1 is 1.16 bits per heavy atom. The second-order valence-corrected chi connectivity index (χ2v) is 6.35. The number of hydrogen-bond acceptors (Lipinski definition) is 3. The molecular weight excluding hydrogens is 312 g/mol. The van der Waals surface area contributed by atoms with Gasteiger partial charge in [0, 0.05) is 26.3 Å². The van der Waals surface area contributed by atoms with E-state index < -0.39 is 0 Å². The van der Waals surface area contributed by atoms with Crippen molar-refractivity contribution in [1.82, 2.24) is 19.4 Å². The zero-order valence-corrected chi connectivity index (χ0v) is 14.4. The molecule has 0 atom stereocenters. The average molecular weight is 332 g/mol. The minimum absolute atomic E-state index is 0.0221. The quantitative estimate of drug-likeness (QED) is 0.724. The predicted molar refractivity (Wildman–Crippen MR) is 98.2 cm³/mol. The number of rotatable bonds is 2. The number of carbonyl (C=O) groups is 1. The highest BCUT2D eigenvalue weighted by molar-refractivity contribution is 6.04. The van der Waals surface area contributed by atoms with Gasteiger partial charge in [-0.25, -0.2) is 9.97 Å². The molecule has 1 aromatic carbocycles. The topological polar surface area (TPSA) is 51.0 Å². The van der Waals surface area contributed by atoms with Gasteiger partial charge in [0.05, 0.1) is 5.56 Å². The maximum Gasteiger partial charge on any atom is 0.256 e. The van der Waals surface area contributed by atoms with Crippen LogP contribution in [0.25, 0.3) is 16.7 Å². The van der Waals surface area contributed by atoms with Crippen molar-refractivity contribution in [3.8, 4) is 0 Å². The van der Waals surface area contributed by atoms with Gasteiger partial charge in [0.1, 0.15) is 11.3 Å². The van der Waals surface area contributed by atoms with Crippen LogP contribution in [0.2, 0.25) is 0 Å². The summed E-state index contributed by atoms with van der Waals surface area (Å²) in [5.74, 6) is 0.876. The largest absolute Gasteiger partial charge is 0.335 e. The summed E-state index contributed by atoms with van der Waals surface area (Å²) in [7, 11) is 1.92. The molecule has 0 radical (unpaired) electrons. The van der Waals surface area contributed by atoms with E-state index >= 15 is 0 Å². The monoisotopic (exact) mass is 332 g/mol. The van der Waals surface area contributed by atoms with E-state index in [0.29, 0.717) is 17.6 Å². The molecule has 0 saturated carbocycles. The molecule has 1 aliphatic rings. The van der Waals surface area contributed by atoms with Crippen molar-refractivity contribution in [3.05, 3.63) is 65.6 Å². The Kier molecular flexibility index (Phi) is 3.84. The highest BCUT2D eigenvalue weighted by Crippen LogP contribution is 2.24.